The molecule has 0 aliphatic rings. The lowest BCUT2D eigenvalue weighted by Crippen LogP contribution is -2.29. The summed E-state index contributed by atoms with van der Waals surface area (Å²) in [6.07, 6.45) is 5.80. The molecule has 2 rings (SSSR count). The van der Waals surface area contributed by atoms with Crippen molar-refractivity contribution in [2.24, 2.45) is 0 Å². The van der Waals surface area contributed by atoms with Gasteiger partial charge in [0.2, 0.25) is 0 Å². The molecule has 1 unspecified atom stereocenters. The molecule has 2 nitrogen and oxygen atoms in total. The van der Waals surface area contributed by atoms with E-state index in [4.69, 9.17) is 0 Å². The summed E-state index contributed by atoms with van der Waals surface area (Å²) >= 11 is 0. The molecule has 0 aliphatic carbocycles. The number of rotatable bonds is 5. The molecular weight excluding hydrogens is 220 g/mol. The van der Waals surface area contributed by atoms with Crippen LogP contribution in [-0.4, -0.2) is 18.1 Å². The van der Waals surface area contributed by atoms with Crippen molar-refractivity contribution in [2.75, 3.05) is 7.05 Å². The molecule has 1 N–H and O–H groups in total. The summed E-state index contributed by atoms with van der Waals surface area (Å²) in [7, 11) is 2.03. The van der Waals surface area contributed by atoms with Crippen LogP contribution in [0.1, 0.15) is 16.7 Å². The first kappa shape index (κ1) is 12.8. The molecule has 0 fully saturated rings. The monoisotopic (exact) mass is 240 g/mol. The van der Waals surface area contributed by atoms with Crippen LogP contribution in [0.2, 0.25) is 0 Å². The molecule has 0 bridgehead atoms. The highest BCUT2D eigenvalue weighted by atomic mass is 14.9. The largest absolute Gasteiger partial charge is 0.316 e. The van der Waals surface area contributed by atoms with E-state index in [0.29, 0.717) is 6.04 Å². The summed E-state index contributed by atoms with van der Waals surface area (Å²) in [5.74, 6) is 0. The minimum Gasteiger partial charge on any atom is -0.316 e. The van der Waals surface area contributed by atoms with E-state index in [1.807, 2.05) is 19.4 Å². The third-order valence-corrected chi connectivity index (χ3v) is 3.24. The lowest BCUT2D eigenvalue weighted by Gasteiger charge is -2.16. The fourth-order valence-corrected chi connectivity index (χ4v) is 2.09. The highest BCUT2D eigenvalue weighted by Crippen LogP contribution is 2.09. The van der Waals surface area contributed by atoms with Gasteiger partial charge in [-0.25, -0.2) is 0 Å². The second-order valence-corrected chi connectivity index (χ2v) is 4.73. The van der Waals surface area contributed by atoms with Crippen molar-refractivity contribution in [3.8, 4) is 0 Å². The normalized spacial score (nSPS) is 12.3. The first-order chi connectivity index (χ1) is 8.78. The fraction of sp³-hybridized carbons (Fsp3) is 0.312. The van der Waals surface area contributed by atoms with E-state index in [9.17, 15) is 0 Å². The average Bonchev–Trinajstić information content (AvgIpc) is 2.41. The third-order valence-electron chi connectivity index (χ3n) is 3.24. The molecule has 0 radical (unpaired) electrons. The zero-order chi connectivity index (χ0) is 12.8. The highest BCUT2D eigenvalue weighted by molar-refractivity contribution is 5.22. The van der Waals surface area contributed by atoms with Gasteiger partial charge < -0.3 is 5.32 Å². The number of hydrogen-bond acceptors (Lipinski definition) is 2. The van der Waals surface area contributed by atoms with Crippen LogP contribution in [0, 0.1) is 6.92 Å². The molecule has 18 heavy (non-hydrogen) atoms. The van der Waals surface area contributed by atoms with Crippen LogP contribution in [0.15, 0.2) is 48.8 Å². The van der Waals surface area contributed by atoms with Gasteiger partial charge in [0, 0.05) is 18.4 Å². The van der Waals surface area contributed by atoms with Crippen LogP contribution in [0.5, 0.6) is 0 Å². The summed E-state index contributed by atoms with van der Waals surface area (Å²) in [5.41, 5.74) is 4.03. The van der Waals surface area contributed by atoms with Crippen LogP contribution in [0.3, 0.4) is 0 Å². The second kappa shape index (κ2) is 6.31. The lowest BCUT2D eigenvalue weighted by molar-refractivity contribution is 0.556. The molecule has 1 aromatic carbocycles. The first-order valence-corrected chi connectivity index (χ1v) is 6.39. The van der Waals surface area contributed by atoms with Gasteiger partial charge in [0.25, 0.3) is 0 Å². The number of aromatic nitrogens is 1. The van der Waals surface area contributed by atoms with Gasteiger partial charge in [-0.1, -0.05) is 29.8 Å². The molecule has 1 aromatic heterocycles. The molecule has 0 aliphatic heterocycles. The Labute approximate surface area is 109 Å². The molecule has 1 atom stereocenters. The van der Waals surface area contributed by atoms with Crippen molar-refractivity contribution in [3.05, 3.63) is 65.5 Å². The van der Waals surface area contributed by atoms with Crippen molar-refractivity contribution < 1.29 is 0 Å². The van der Waals surface area contributed by atoms with Gasteiger partial charge in [-0.05, 0) is 50.1 Å². The van der Waals surface area contributed by atoms with E-state index >= 15 is 0 Å². The SMILES string of the molecule is CNC(Cc1ccncc1)Cc1ccc(C)cc1. The maximum absolute atomic E-state index is 4.05. The van der Waals surface area contributed by atoms with E-state index in [1.54, 1.807) is 0 Å². The number of aryl methyl sites for hydroxylation is 1. The van der Waals surface area contributed by atoms with Crippen LogP contribution in [0.4, 0.5) is 0 Å². The Morgan fingerprint density at radius 3 is 2.06 bits per heavy atom. The maximum atomic E-state index is 4.05. The van der Waals surface area contributed by atoms with Crippen LogP contribution in [0.25, 0.3) is 0 Å². The summed E-state index contributed by atoms with van der Waals surface area (Å²) in [6.45, 7) is 2.12. The second-order valence-electron chi connectivity index (χ2n) is 4.73. The Morgan fingerprint density at radius 2 is 1.50 bits per heavy atom. The van der Waals surface area contributed by atoms with Crippen molar-refractivity contribution in [3.63, 3.8) is 0 Å². The number of nitrogens with one attached hydrogen (secondary N) is 1. The molecule has 94 valence electrons. The lowest BCUT2D eigenvalue weighted by atomic mass is 9.99. The van der Waals surface area contributed by atoms with E-state index in [0.717, 1.165) is 12.8 Å². The first-order valence-electron chi connectivity index (χ1n) is 6.39. The number of likely N-dealkylation sites (N-methyl/N-ethyl adjacent to an activating group) is 1. The Balaban J connectivity index is 1.99. The summed E-state index contributed by atoms with van der Waals surface area (Å²) in [4.78, 5) is 4.05. The average molecular weight is 240 g/mol. The van der Waals surface area contributed by atoms with Crippen molar-refractivity contribution >= 4 is 0 Å². The van der Waals surface area contributed by atoms with Gasteiger partial charge in [-0.15, -0.1) is 0 Å². The van der Waals surface area contributed by atoms with Crippen LogP contribution < -0.4 is 5.32 Å². The Hall–Kier alpha value is -1.67. The molecule has 0 saturated heterocycles. The van der Waals surface area contributed by atoms with E-state index < -0.39 is 0 Å². The summed E-state index contributed by atoms with van der Waals surface area (Å²) in [6, 6.07) is 13.4. The van der Waals surface area contributed by atoms with E-state index in [2.05, 4.69) is 53.6 Å². The molecule has 1 heterocycles. The molecule has 0 saturated carbocycles. The van der Waals surface area contributed by atoms with Crippen molar-refractivity contribution in [1.29, 1.82) is 0 Å². The number of pyridine rings is 1. The van der Waals surface area contributed by atoms with Gasteiger partial charge in [-0.3, -0.25) is 4.98 Å². The molecular formula is C16H20N2. The highest BCUT2D eigenvalue weighted by Gasteiger charge is 2.08. The van der Waals surface area contributed by atoms with Gasteiger partial charge in [0.05, 0.1) is 0 Å². The van der Waals surface area contributed by atoms with Crippen molar-refractivity contribution in [1.82, 2.24) is 10.3 Å². The minimum absolute atomic E-state index is 0.468. The zero-order valence-corrected chi connectivity index (χ0v) is 11.1. The van der Waals surface area contributed by atoms with E-state index in [-0.39, 0.29) is 0 Å². The Morgan fingerprint density at radius 1 is 0.944 bits per heavy atom. The summed E-state index contributed by atoms with van der Waals surface area (Å²) in [5, 5.41) is 3.39. The number of benzene rings is 1. The summed E-state index contributed by atoms with van der Waals surface area (Å²) < 4.78 is 0. The van der Waals surface area contributed by atoms with Crippen molar-refractivity contribution in [2.45, 2.75) is 25.8 Å². The van der Waals surface area contributed by atoms with E-state index in [1.165, 1.54) is 16.7 Å². The fourth-order valence-electron chi connectivity index (χ4n) is 2.09. The topological polar surface area (TPSA) is 24.9 Å². The molecule has 2 aromatic rings. The number of nitrogens with zero attached hydrogens (tertiary/aromatic N) is 1. The smallest absolute Gasteiger partial charge is 0.0270 e. The Bertz CT molecular complexity index is 462. The Kier molecular flexibility index (Phi) is 4.48. The van der Waals surface area contributed by atoms with Gasteiger partial charge in [0.1, 0.15) is 0 Å². The predicted octanol–water partition coefficient (Wildman–Crippen LogP) is 2.76. The van der Waals surface area contributed by atoms with Crippen LogP contribution in [-0.2, 0) is 12.8 Å². The predicted molar refractivity (Wildman–Crippen MR) is 75.7 cm³/mol. The van der Waals surface area contributed by atoms with Crippen LogP contribution >= 0.6 is 0 Å². The molecule has 0 amide bonds. The van der Waals surface area contributed by atoms with Gasteiger partial charge in [-0.2, -0.15) is 0 Å². The zero-order valence-electron chi connectivity index (χ0n) is 11.1. The molecule has 2 heteroatoms. The standard InChI is InChI=1S/C16H20N2/c1-13-3-5-14(6-4-13)11-16(17-2)12-15-7-9-18-10-8-15/h3-10,16-17H,11-12H2,1-2H3. The quantitative estimate of drug-likeness (QED) is 0.869. The maximum Gasteiger partial charge on any atom is 0.0270 e. The number of hydrogen-bond donors (Lipinski definition) is 1. The minimum atomic E-state index is 0.468. The van der Waals surface area contributed by atoms with Gasteiger partial charge >= 0.3 is 0 Å². The van der Waals surface area contributed by atoms with Gasteiger partial charge in [0.15, 0.2) is 0 Å². The molecule has 0 spiro atoms. The third kappa shape index (κ3) is 3.67.